The number of aliphatic hydroxyl groups excluding tert-OH is 1. The van der Waals surface area contributed by atoms with E-state index in [0.717, 1.165) is 11.3 Å². The van der Waals surface area contributed by atoms with Crippen LogP contribution in [0.5, 0.6) is 0 Å². The van der Waals surface area contributed by atoms with Crippen LogP contribution in [-0.2, 0) is 15.6 Å². The van der Waals surface area contributed by atoms with Gasteiger partial charge in [0.1, 0.15) is 4.21 Å². The summed E-state index contributed by atoms with van der Waals surface area (Å²) in [7, 11) is -3.51. The minimum atomic E-state index is -3.51. The summed E-state index contributed by atoms with van der Waals surface area (Å²) >= 11 is 1.20. The van der Waals surface area contributed by atoms with Gasteiger partial charge in [0.15, 0.2) is 0 Å². The molecule has 8 heteroatoms. The van der Waals surface area contributed by atoms with Gasteiger partial charge in [-0.2, -0.15) is 4.31 Å². The van der Waals surface area contributed by atoms with Crippen LogP contribution in [0.25, 0.3) is 0 Å². The van der Waals surface area contributed by atoms with Crippen LogP contribution in [0.15, 0.2) is 46.0 Å². The highest BCUT2D eigenvalue weighted by molar-refractivity contribution is 7.91. The zero-order valence-corrected chi connectivity index (χ0v) is 16.5. The first-order chi connectivity index (χ1) is 12.2. The van der Waals surface area contributed by atoms with E-state index in [1.807, 2.05) is 29.2 Å². The van der Waals surface area contributed by atoms with Crippen molar-refractivity contribution in [2.24, 2.45) is 0 Å². The molecule has 2 heterocycles. The van der Waals surface area contributed by atoms with E-state index in [4.69, 9.17) is 0 Å². The number of rotatable bonds is 5. The Labute approximate surface area is 158 Å². The van der Waals surface area contributed by atoms with E-state index in [9.17, 15) is 18.6 Å². The summed E-state index contributed by atoms with van der Waals surface area (Å²) in [5.74, 6) is 0. The molecule has 2 aromatic rings. The lowest BCUT2D eigenvalue weighted by atomic mass is 9.98. The van der Waals surface area contributed by atoms with E-state index >= 15 is 0 Å². The molecule has 1 unspecified atom stereocenters. The van der Waals surface area contributed by atoms with Crippen molar-refractivity contribution in [1.82, 2.24) is 4.31 Å². The van der Waals surface area contributed by atoms with Gasteiger partial charge < -0.3 is 15.1 Å². The normalized spacial score (nSPS) is 19.7. The number of thiophene rings is 1. The summed E-state index contributed by atoms with van der Waals surface area (Å²) in [6.45, 7) is 4.43. The molecule has 0 bridgehead atoms. The number of hydrogen-bond acceptors (Lipinski definition) is 6. The number of sulfonamides is 1. The molecule has 142 valence electrons. The smallest absolute Gasteiger partial charge is 0.252 e. The minimum Gasteiger partial charge on any atom is -0.394 e. The third kappa shape index (κ3) is 3.79. The van der Waals surface area contributed by atoms with E-state index in [0.29, 0.717) is 17.3 Å². The summed E-state index contributed by atoms with van der Waals surface area (Å²) < 4.78 is 27.2. The van der Waals surface area contributed by atoms with E-state index in [1.54, 1.807) is 31.4 Å². The van der Waals surface area contributed by atoms with E-state index < -0.39 is 15.6 Å². The van der Waals surface area contributed by atoms with Gasteiger partial charge in [-0.15, -0.1) is 11.3 Å². The monoisotopic (exact) mass is 396 g/mol. The van der Waals surface area contributed by atoms with Crippen LogP contribution >= 0.6 is 11.3 Å². The van der Waals surface area contributed by atoms with E-state index in [1.165, 1.54) is 15.6 Å². The molecule has 1 saturated heterocycles. The molecule has 1 fully saturated rings. The van der Waals surface area contributed by atoms with Gasteiger partial charge in [0.25, 0.3) is 10.0 Å². The lowest BCUT2D eigenvalue weighted by molar-refractivity contribution is 0.0786. The molecule has 1 atom stereocenters. The lowest BCUT2D eigenvalue weighted by Gasteiger charge is -2.41. The largest absolute Gasteiger partial charge is 0.394 e. The standard InChI is InChI=1S/C18H24N2O4S2/c1-18(2,22)14-5-7-15(8-6-14)20-10-9-19(12-16(20)13-21)26(23,24)17-4-3-11-25-17/h3-8,11,16,21-22H,9-10,12-13H2,1-2H3. The zero-order chi connectivity index (χ0) is 18.9. The van der Waals surface area contributed by atoms with Gasteiger partial charge in [0, 0.05) is 25.3 Å². The molecule has 0 aliphatic carbocycles. The molecule has 1 aromatic heterocycles. The fraction of sp³-hybridized carbons (Fsp3) is 0.444. The number of aliphatic hydroxyl groups is 2. The number of piperazine rings is 1. The maximum atomic E-state index is 12.7. The van der Waals surface area contributed by atoms with Crippen molar-refractivity contribution in [2.45, 2.75) is 29.7 Å². The topological polar surface area (TPSA) is 81.1 Å². The fourth-order valence-corrected chi connectivity index (χ4v) is 5.75. The maximum absolute atomic E-state index is 12.7. The van der Waals surface area contributed by atoms with Crippen LogP contribution in [-0.4, -0.2) is 55.2 Å². The Balaban J connectivity index is 1.78. The third-order valence-electron chi connectivity index (χ3n) is 4.65. The Morgan fingerprint density at radius 3 is 2.42 bits per heavy atom. The first-order valence-corrected chi connectivity index (χ1v) is 10.8. The van der Waals surface area contributed by atoms with Crippen LogP contribution < -0.4 is 4.90 Å². The van der Waals surface area contributed by atoms with Crippen molar-refractivity contribution in [3.05, 3.63) is 47.3 Å². The molecular weight excluding hydrogens is 372 g/mol. The fourth-order valence-electron chi connectivity index (χ4n) is 3.14. The quantitative estimate of drug-likeness (QED) is 0.806. The van der Waals surface area contributed by atoms with Crippen molar-refractivity contribution in [3.8, 4) is 0 Å². The SMILES string of the molecule is CC(C)(O)c1ccc(N2CCN(S(=O)(=O)c3cccs3)CC2CO)cc1. The highest BCUT2D eigenvalue weighted by atomic mass is 32.2. The molecular formula is C18H24N2O4S2. The van der Waals surface area contributed by atoms with Crippen LogP contribution in [0.3, 0.4) is 0 Å². The molecule has 0 amide bonds. The summed E-state index contributed by atoms with van der Waals surface area (Å²) in [6.07, 6.45) is 0. The molecule has 1 aliphatic heterocycles. The number of hydrogen-bond donors (Lipinski definition) is 2. The van der Waals surface area contributed by atoms with Gasteiger partial charge in [-0.05, 0) is 43.0 Å². The lowest BCUT2D eigenvalue weighted by Crippen LogP contribution is -2.56. The summed E-state index contributed by atoms with van der Waals surface area (Å²) in [5, 5.41) is 21.6. The molecule has 1 aromatic carbocycles. The molecule has 3 rings (SSSR count). The Morgan fingerprint density at radius 1 is 1.19 bits per heavy atom. The van der Waals surface area contributed by atoms with Gasteiger partial charge in [-0.3, -0.25) is 0 Å². The average Bonchev–Trinajstić information content (AvgIpc) is 3.16. The van der Waals surface area contributed by atoms with Crippen molar-refractivity contribution in [1.29, 1.82) is 0 Å². The molecule has 1 aliphatic rings. The predicted molar refractivity (Wildman–Crippen MR) is 103 cm³/mol. The van der Waals surface area contributed by atoms with Crippen LogP contribution in [0.2, 0.25) is 0 Å². The van der Waals surface area contributed by atoms with Gasteiger partial charge >= 0.3 is 0 Å². The van der Waals surface area contributed by atoms with Crippen molar-refractivity contribution >= 4 is 27.0 Å². The van der Waals surface area contributed by atoms with Crippen molar-refractivity contribution < 1.29 is 18.6 Å². The van der Waals surface area contributed by atoms with E-state index in [-0.39, 0.29) is 19.2 Å². The van der Waals surface area contributed by atoms with Gasteiger partial charge in [-0.25, -0.2) is 8.42 Å². The molecule has 0 radical (unpaired) electrons. The summed E-state index contributed by atoms with van der Waals surface area (Å²) in [6, 6.07) is 10.5. The Kier molecular flexibility index (Phi) is 5.41. The molecule has 26 heavy (non-hydrogen) atoms. The van der Waals surface area contributed by atoms with Gasteiger partial charge in [0.2, 0.25) is 0 Å². The second-order valence-corrected chi connectivity index (χ2v) is 10.0. The maximum Gasteiger partial charge on any atom is 0.252 e. The van der Waals surface area contributed by atoms with Crippen LogP contribution in [0, 0.1) is 0 Å². The molecule has 6 nitrogen and oxygen atoms in total. The van der Waals surface area contributed by atoms with Crippen molar-refractivity contribution in [2.75, 3.05) is 31.1 Å². The van der Waals surface area contributed by atoms with Crippen LogP contribution in [0.1, 0.15) is 19.4 Å². The second-order valence-electron chi connectivity index (χ2n) is 6.93. The number of benzene rings is 1. The minimum absolute atomic E-state index is 0.135. The first-order valence-electron chi connectivity index (χ1n) is 8.47. The van der Waals surface area contributed by atoms with Crippen LogP contribution in [0.4, 0.5) is 5.69 Å². The van der Waals surface area contributed by atoms with Crippen molar-refractivity contribution in [3.63, 3.8) is 0 Å². The zero-order valence-electron chi connectivity index (χ0n) is 14.9. The Bertz CT molecular complexity index is 827. The Morgan fingerprint density at radius 2 is 1.88 bits per heavy atom. The summed E-state index contributed by atoms with van der Waals surface area (Å²) in [4.78, 5) is 2.02. The highest BCUT2D eigenvalue weighted by Gasteiger charge is 2.34. The molecule has 0 spiro atoms. The Hall–Kier alpha value is -1.45. The van der Waals surface area contributed by atoms with Gasteiger partial charge in [-0.1, -0.05) is 18.2 Å². The molecule has 0 saturated carbocycles. The number of nitrogens with zero attached hydrogens (tertiary/aromatic N) is 2. The van der Waals surface area contributed by atoms with Gasteiger partial charge in [0.05, 0.1) is 18.2 Å². The van der Waals surface area contributed by atoms with E-state index in [2.05, 4.69) is 0 Å². The third-order valence-corrected chi connectivity index (χ3v) is 7.89. The number of anilines is 1. The second kappa shape index (κ2) is 7.28. The predicted octanol–water partition coefficient (Wildman–Crippen LogP) is 1.85. The highest BCUT2D eigenvalue weighted by Crippen LogP contribution is 2.28. The first kappa shape index (κ1) is 19.3. The average molecular weight is 397 g/mol. The summed E-state index contributed by atoms with van der Waals surface area (Å²) in [5.41, 5.74) is 0.800. The molecule has 2 N–H and O–H groups in total.